The second kappa shape index (κ2) is 9.75. The Morgan fingerprint density at radius 2 is 1.62 bits per heavy atom. The Labute approximate surface area is 191 Å². The summed E-state index contributed by atoms with van der Waals surface area (Å²) in [7, 11) is 0. The minimum atomic E-state index is -4.46. The van der Waals surface area contributed by atoms with E-state index in [4.69, 9.17) is 9.26 Å². The summed E-state index contributed by atoms with van der Waals surface area (Å²) in [5.74, 6) is 0.632. The lowest BCUT2D eigenvalue weighted by Crippen LogP contribution is -2.31. The molecule has 4 aromatic rings. The SMILES string of the molecule is O=C(NC(CO)c1nc(-c2ccc(C(F)(F)F)cc2)no1)c1ccc(Oc2ccccc2)cc1. The molecule has 0 fully saturated rings. The van der Waals surface area contributed by atoms with Crippen molar-refractivity contribution in [2.24, 2.45) is 0 Å². The Morgan fingerprint density at radius 3 is 2.24 bits per heavy atom. The molecule has 0 bridgehead atoms. The quantitative estimate of drug-likeness (QED) is 0.395. The van der Waals surface area contributed by atoms with Crippen LogP contribution in [0, 0.1) is 0 Å². The molecule has 3 aromatic carbocycles. The highest BCUT2D eigenvalue weighted by Crippen LogP contribution is 2.30. The summed E-state index contributed by atoms with van der Waals surface area (Å²) in [4.78, 5) is 16.7. The van der Waals surface area contributed by atoms with Crippen molar-refractivity contribution in [3.05, 3.63) is 95.9 Å². The van der Waals surface area contributed by atoms with Crippen LogP contribution in [0.3, 0.4) is 0 Å². The largest absolute Gasteiger partial charge is 0.457 e. The molecular weight excluding hydrogens is 451 g/mol. The minimum Gasteiger partial charge on any atom is -0.457 e. The summed E-state index contributed by atoms with van der Waals surface area (Å²) in [5, 5.41) is 16.0. The number of hydrogen-bond donors (Lipinski definition) is 2. The predicted octanol–water partition coefficient (Wildman–Crippen LogP) is 5.01. The van der Waals surface area contributed by atoms with Gasteiger partial charge in [0, 0.05) is 11.1 Å². The van der Waals surface area contributed by atoms with Gasteiger partial charge in [-0.1, -0.05) is 35.5 Å². The maximum atomic E-state index is 12.7. The first kappa shape index (κ1) is 23.0. The Hall–Kier alpha value is -4.18. The average molecular weight is 469 g/mol. The van der Waals surface area contributed by atoms with Crippen LogP contribution in [0.15, 0.2) is 83.4 Å². The second-order valence-corrected chi connectivity index (χ2v) is 7.18. The highest BCUT2D eigenvalue weighted by molar-refractivity contribution is 5.94. The molecule has 1 aromatic heterocycles. The van der Waals surface area contributed by atoms with Crippen molar-refractivity contribution < 1.29 is 32.3 Å². The molecule has 34 heavy (non-hydrogen) atoms. The van der Waals surface area contributed by atoms with Gasteiger partial charge in [0.25, 0.3) is 11.8 Å². The number of benzene rings is 3. The van der Waals surface area contributed by atoms with E-state index in [1.807, 2.05) is 18.2 Å². The molecule has 0 saturated carbocycles. The number of nitrogens with one attached hydrogen (secondary N) is 1. The number of aliphatic hydroxyl groups excluding tert-OH is 1. The molecule has 10 heteroatoms. The van der Waals surface area contributed by atoms with E-state index in [1.54, 1.807) is 36.4 Å². The van der Waals surface area contributed by atoms with Crippen molar-refractivity contribution in [2.45, 2.75) is 12.2 Å². The molecule has 1 heterocycles. The first-order valence-corrected chi connectivity index (χ1v) is 10.1. The van der Waals surface area contributed by atoms with E-state index >= 15 is 0 Å². The van der Waals surface area contributed by atoms with Crippen molar-refractivity contribution in [1.82, 2.24) is 15.5 Å². The van der Waals surface area contributed by atoms with Crippen molar-refractivity contribution in [3.63, 3.8) is 0 Å². The van der Waals surface area contributed by atoms with E-state index in [0.717, 1.165) is 12.1 Å². The summed E-state index contributed by atoms with van der Waals surface area (Å²) in [6.45, 7) is -0.532. The van der Waals surface area contributed by atoms with E-state index < -0.39 is 30.3 Å². The lowest BCUT2D eigenvalue weighted by atomic mass is 10.1. The smallest absolute Gasteiger partial charge is 0.416 e. The van der Waals surface area contributed by atoms with Crippen LogP contribution in [0.2, 0.25) is 0 Å². The summed E-state index contributed by atoms with van der Waals surface area (Å²) >= 11 is 0. The first-order chi connectivity index (χ1) is 16.3. The van der Waals surface area contributed by atoms with Crippen LogP contribution in [0.5, 0.6) is 11.5 Å². The molecule has 0 spiro atoms. The number of nitrogens with zero attached hydrogens (tertiary/aromatic N) is 2. The van der Waals surface area contributed by atoms with Gasteiger partial charge in [-0.3, -0.25) is 4.79 Å². The number of carbonyl (C=O) groups is 1. The van der Waals surface area contributed by atoms with Gasteiger partial charge in [0.1, 0.15) is 17.5 Å². The zero-order valence-corrected chi connectivity index (χ0v) is 17.5. The van der Waals surface area contributed by atoms with E-state index in [9.17, 15) is 23.1 Å². The molecule has 7 nitrogen and oxygen atoms in total. The van der Waals surface area contributed by atoms with Gasteiger partial charge >= 0.3 is 6.18 Å². The molecule has 0 radical (unpaired) electrons. The molecule has 0 aliphatic heterocycles. The van der Waals surface area contributed by atoms with E-state index in [-0.39, 0.29) is 11.7 Å². The van der Waals surface area contributed by atoms with Gasteiger partial charge in [-0.15, -0.1) is 0 Å². The molecule has 2 N–H and O–H groups in total. The van der Waals surface area contributed by atoms with Gasteiger partial charge < -0.3 is 19.7 Å². The molecule has 0 aliphatic rings. The normalized spacial score (nSPS) is 12.2. The fourth-order valence-corrected chi connectivity index (χ4v) is 3.03. The summed E-state index contributed by atoms with van der Waals surface area (Å²) in [5.41, 5.74) is -0.206. The van der Waals surface area contributed by atoms with Gasteiger partial charge in [-0.05, 0) is 48.5 Å². The van der Waals surface area contributed by atoms with Gasteiger partial charge in [-0.2, -0.15) is 18.2 Å². The summed E-state index contributed by atoms with van der Waals surface area (Å²) in [6.07, 6.45) is -4.46. The number of hydrogen-bond acceptors (Lipinski definition) is 6. The number of halogens is 3. The van der Waals surface area contributed by atoms with E-state index in [0.29, 0.717) is 22.6 Å². The van der Waals surface area contributed by atoms with Crippen LogP contribution < -0.4 is 10.1 Å². The van der Waals surface area contributed by atoms with Crippen LogP contribution in [-0.4, -0.2) is 27.8 Å². The number of carbonyl (C=O) groups excluding carboxylic acids is 1. The molecule has 0 saturated heterocycles. The van der Waals surface area contributed by atoms with Crippen LogP contribution >= 0.6 is 0 Å². The lowest BCUT2D eigenvalue weighted by Gasteiger charge is -2.12. The van der Waals surface area contributed by atoms with Crippen LogP contribution in [-0.2, 0) is 6.18 Å². The number of alkyl halides is 3. The molecule has 1 unspecified atom stereocenters. The van der Waals surface area contributed by atoms with Crippen molar-refractivity contribution in [3.8, 4) is 22.9 Å². The Kier molecular flexibility index (Phi) is 6.60. The molecule has 1 atom stereocenters. The first-order valence-electron chi connectivity index (χ1n) is 10.1. The van der Waals surface area contributed by atoms with Crippen LogP contribution in [0.25, 0.3) is 11.4 Å². The zero-order chi connectivity index (χ0) is 24.1. The van der Waals surface area contributed by atoms with E-state index in [1.165, 1.54) is 12.1 Å². The second-order valence-electron chi connectivity index (χ2n) is 7.18. The highest BCUT2D eigenvalue weighted by Gasteiger charge is 2.30. The number of para-hydroxylation sites is 1. The zero-order valence-electron chi connectivity index (χ0n) is 17.5. The van der Waals surface area contributed by atoms with Gasteiger partial charge in [0.15, 0.2) is 0 Å². The number of amides is 1. The predicted molar refractivity (Wildman–Crippen MR) is 115 cm³/mol. The van der Waals surface area contributed by atoms with Gasteiger partial charge in [-0.25, -0.2) is 0 Å². The number of ether oxygens (including phenoxy) is 1. The minimum absolute atomic E-state index is 0.0267. The van der Waals surface area contributed by atoms with Crippen molar-refractivity contribution in [1.29, 1.82) is 0 Å². The Balaban J connectivity index is 1.42. The standard InChI is InChI=1S/C24H18F3N3O4/c25-24(26,27)17-10-6-15(7-11-17)21-29-23(34-30-21)20(14-31)28-22(32)16-8-12-19(13-9-16)33-18-4-2-1-3-5-18/h1-13,20,31H,14H2,(H,28,32). The lowest BCUT2D eigenvalue weighted by molar-refractivity contribution is -0.137. The van der Waals surface area contributed by atoms with Crippen LogP contribution in [0.1, 0.15) is 27.9 Å². The molecule has 4 rings (SSSR count). The molecular formula is C24H18F3N3O4. The number of aliphatic hydroxyl groups is 1. The summed E-state index contributed by atoms with van der Waals surface area (Å²) < 4.78 is 49.0. The van der Waals surface area contributed by atoms with Gasteiger partial charge in [0.05, 0.1) is 12.2 Å². The topological polar surface area (TPSA) is 97.5 Å². The fourth-order valence-electron chi connectivity index (χ4n) is 3.03. The average Bonchev–Trinajstić information content (AvgIpc) is 3.33. The molecule has 1 amide bonds. The summed E-state index contributed by atoms with van der Waals surface area (Å²) in [6, 6.07) is 18.8. The molecule has 174 valence electrons. The highest BCUT2D eigenvalue weighted by atomic mass is 19.4. The third-order valence-electron chi connectivity index (χ3n) is 4.79. The third-order valence-corrected chi connectivity index (χ3v) is 4.79. The Morgan fingerprint density at radius 1 is 0.971 bits per heavy atom. The van der Waals surface area contributed by atoms with E-state index in [2.05, 4.69) is 15.5 Å². The number of aromatic nitrogens is 2. The van der Waals surface area contributed by atoms with Gasteiger partial charge in [0.2, 0.25) is 5.82 Å². The third kappa shape index (κ3) is 5.41. The molecule has 0 aliphatic carbocycles. The van der Waals surface area contributed by atoms with Crippen LogP contribution in [0.4, 0.5) is 13.2 Å². The number of rotatable bonds is 7. The Bertz CT molecular complexity index is 1240. The fraction of sp³-hybridized carbons (Fsp3) is 0.125. The maximum Gasteiger partial charge on any atom is 0.416 e. The van der Waals surface area contributed by atoms with Crippen molar-refractivity contribution >= 4 is 5.91 Å². The van der Waals surface area contributed by atoms with Crippen molar-refractivity contribution in [2.75, 3.05) is 6.61 Å². The maximum absolute atomic E-state index is 12.7. The monoisotopic (exact) mass is 469 g/mol.